The molecule has 0 bridgehead atoms. The van der Waals surface area contributed by atoms with Crippen molar-refractivity contribution in [3.8, 4) is 0 Å². The van der Waals surface area contributed by atoms with Crippen molar-refractivity contribution in [1.29, 1.82) is 0 Å². The van der Waals surface area contributed by atoms with Crippen LogP contribution in [-0.2, 0) is 4.79 Å². The van der Waals surface area contributed by atoms with Gasteiger partial charge in [-0.1, -0.05) is 12.2 Å². The predicted octanol–water partition coefficient (Wildman–Crippen LogP) is 1.85. The number of nitrogens with one attached hydrogen (secondary N) is 1. The molecule has 17 heavy (non-hydrogen) atoms. The molecule has 0 aromatic heterocycles. The number of urea groups is 1. The molecule has 0 radical (unpaired) electrons. The molecule has 0 aliphatic carbocycles. The summed E-state index contributed by atoms with van der Waals surface area (Å²) in [6.07, 6.45) is -0.108. The summed E-state index contributed by atoms with van der Waals surface area (Å²) in [5.41, 5.74) is 0.129. The Kier molecular flexibility index (Phi) is 5.71. The highest BCUT2D eigenvalue weighted by atomic mass is 16.4. The number of carbonyl (C=O) groups excluding carboxylic acids is 1. The first kappa shape index (κ1) is 15.5. The largest absolute Gasteiger partial charge is 0.481 e. The zero-order valence-corrected chi connectivity index (χ0v) is 11.0. The molecule has 0 aromatic carbocycles. The van der Waals surface area contributed by atoms with Gasteiger partial charge >= 0.3 is 12.0 Å². The lowest BCUT2D eigenvalue weighted by Gasteiger charge is -2.29. The van der Waals surface area contributed by atoms with E-state index in [2.05, 4.69) is 11.9 Å². The number of rotatable bonds is 6. The third kappa shape index (κ3) is 6.60. The van der Waals surface area contributed by atoms with E-state index in [-0.39, 0.29) is 12.5 Å². The number of hydrogen-bond acceptors (Lipinski definition) is 2. The molecule has 0 saturated carbocycles. The molecule has 2 N–H and O–H groups in total. The van der Waals surface area contributed by atoms with Crippen molar-refractivity contribution in [2.24, 2.45) is 0 Å². The Morgan fingerprint density at radius 2 is 1.94 bits per heavy atom. The topological polar surface area (TPSA) is 69.6 Å². The monoisotopic (exact) mass is 242 g/mol. The summed E-state index contributed by atoms with van der Waals surface area (Å²) >= 11 is 0. The van der Waals surface area contributed by atoms with Crippen LogP contribution in [0.25, 0.3) is 0 Å². The molecule has 5 heteroatoms. The Morgan fingerprint density at radius 1 is 1.41 bits per heavy atom. The van der Waals surface area contributed by atoms with E-state index in [4.69, 9.17) is 5.11 Å². The lowest BCUT2D eigenvalue weighted by atomic mass is 10.0. The number of aliphatic carboxylic acids is 1. The Labute approximate surface area is 102 Å². The molecule has 98 valence electrons. The van der Waals surface area contributed by atoms with Gasteiger partial charge in [-0.15, -0.1) is 0 Å². The summed E-state index contributed by atoms with van der Waals surface area (Å²) in [6, 6.07) is -0.262. The Bertz CT molecular complexity index is 311. The second-order valence-corrected chi connectivity index (χ2v) is 4.86. The molecule has 0 saturated heterocycles. The molecule has 2 amide bonds. The van der Waals surface area contributed by atoms with Gasteiger partial charge in [-0.05, 0) is 27.7 Å². The van der Waals surface area contributed by atoms with Crippen LogP contribution in [0.3, 0.4) is 0 Å². The van der Waals surface area contributed by atoms with Crippen LogP contribution in [-0.4, -0.2) is 40.6 Å². The van der Waals surface area contributed by atoms with E-state index < -0.39 is 11.5 Å². The van der Waals surface area contributed by atoms with E-state index in [0.717, 1.165) is 5.57 Å². The van der Waals surface area contributed by atoms with Gasteiger partial charge in [0.2, 0.25) is 0 Å². The molecule has 0 aliphatic rings. The van der Waals surface area contributed by atoms with Crippen molar-refractivity contribution >= 4 is 12.0 Å². The Morgan fingerprint density at radius 3 is 2.29 bits per heavy atom. The molecule has 0 atom stereocenters. The minimum atomic E-state index is -0.932. The van der Waals surface area contributed by atoms with E-state index in [9.17, 15) is 9.59 Å². The second kappa shape index (κ2) is 6.27. The van der Waals surface area contributed by atoms with Crippen molar-refractivity contribution in [3.63, 3.8) is 0 Å². The number of likely N-dealkylation sites (N-methyl/N-ethyl adjacent to an activating group) is 1. The number of carbonyl (C=O) groups is 2. The minimum absolute atomic E-state index is 0.108. The van der Waals surface area contributed by atoms with Gasteiger partial charge in [0.15, 0.2) is 0 Å². The van der Waals surface area contributed by atoms with Gasteiger partial charge in [-0.2, -0.15) is 0 Å². The van der Waals surface area contributed by atoms with Gasteiger partial charge in [0, 0.05) is 18.6 Å². The summed E-state index contributed by atoms with van der Waals surface area (Å²) in [4.78, 5) is 24.1. The highest BCUT2D eigenvalue weighted by Gasteiger charge is 2.25. The second-order valence-electron chi connectivity index (χ2n) is 4.86. The van der Waals surface area contributed by atoms with E-state index in [1.54, 1.807) is 18.7 Å². The SMILES string of the molecule is C=C(C)CN(CC)C(=O)NC(C)(C)CC(=O)O. The van der Waals surface area contributed by atoms with Gasteiger partial charge in [0.1, 0.15) is 0 Å². The van der Waals surface area contributed by atoms with Gasteiger partial charge < -0.3 is 15.3 Å². The molecule has 0 aliphatic heterocycles. The van der Waals surface area contributed by atoms with Crippen LogP contribution in [0.4, 0.5) is 4.79 Å². The van der Waals surface area contributed by atoms with Crippen molar-refractivity contribution in [2.75, 3.05) is 13.1 Å². The predicted molar refractivity (Wildman–Crippen MR) is 66.9 cm³/mol. The van der Waals surface area contributed by atoms with Crippen molar-refractivity contribution in [2.45, 2.75) is 39.7 Å². The molecule has 0 unspecified atom stereocenters. The Balaban J connectivity index is 4.49. The van der Waals surface area contributed by atoms with Gasteiger partial charge in [-0.25, -0.2) is 4.79 Å². The van der Waals surface area contributed by atoms with Crippen LogP contribution in [0.15, 0.2) is 12.2 Å². The fourth-order valence-electron chi connectivity index (χ4n) is 1.44. The van der Waals surface area contributed by atoms with Gasteiger partial charge in [0.05, 0.1) is 6.42 Å². The van der Waals surface area contributed by atoms with E-state index >= 15 is 0 Å². The molecule has 0 fully saturated rings. The number of carboxylic acid groups (broad SMARTS) is 1. The highest BCUT2D eigenvalue weighted by molar-refractivity contribution is 5.77. The van der Waals surface area contributed by atoms with E-state index in [1.807, 2.05) is 13.8 Å². The average Bonchev–Trinajstić information content (AvgIpc) is 2.10. The highest BCUT2D eigenvalue weighted by Crippen LogP contribution is 2.09. The third-order valence-corrected chi connectivity index (χ3v) is 2.17. The van der Waals surface area contributed by atoms with Gasteiger partial charge in [0.25, 0.3) is 0 Å². The maximum absolute atomic E-state index is 11.9. The minimum Gasteiger partial charge on any atom is -0.481 e. The van der Waals surface area contributed by atoms with E-state index in [0.29, 0.717) is 13.1 Å². The van der Waals surface area contributed by atoms with Crippen LogP contribution in [0.2, 0.25) is 0 Å². The number of carboxylic acids is 1. The molecule has 0 aromatic rings. The van der Waals surface area contributed by atoms with E-state index in [1.165, 1.54) is 0 Å². The summed E-state index contributed by atoms with van der Waals surface area (Å²) < 4.78 is 0. The summed E-state index contributed by atoms with van der Waals surface area (Å²) in [5.74, 6) is -0.932. The van der Waals surface area contributed by atoms with Crippen LogP contribution < -0.4 is 5.32 Å². The maximum atomic E-state index is 11.9. The number of hydrogen-bond donors (Lipinski definition) is 2. The van der Waals surface area contributed by atoms with Crippen LogP contribution in [0.1, 0.15) is 34.1 Å². The first-order valence-corrected chi connectivity index (χ1v) is 5.61. The van der Waals surface area contributed by atoms with Crippen LogP contribution >= 0.6 is 0 Å². The van der Waals surface area contributed by atoms with Gasteiger partial charge in [-0.3, -0.25) is 4.79 Å². The number of nitrogens with zero attached hydrogens (tertiary/aromatic N) is 1. The zero-order valence-electron chi connectivity index (χ0n) is 11.0. The molecular weight excluding hydrogens is 220 g/mol. The summed E-state index contributed by atoms with van der Waals surface area (Å²) in [7, 11) is 0. The van der Waals surface area contributed by atoms with Crippen LogP contribution in [0, 0.1) is 0 Å². The fraction of sp³-hybridized carbons (Fsp3) is 0.667. The van der Waals surface area contributed by atoms with Crippen molar-refractivity contribution < 1.29 is 14.7 Å². The number of amides is 2. The summed E-state index contributed by atoms with van der Waals surface area (Å²) in [5, 5.41) is 11.4. The first-order valence-electron chi connectivity index (χ1n) is 5.61. The summed E-state index contributed by atoms with van der Waals surface area (Å²) in [6.45, 7) is 11.9. The normalized spacial score (nSPS) is 10.8. The molecule has 0 rings (SSSR count). The lowest BCUT2D eigenvalue weighted by molar-refractivity contribution is -0.138. The molecule has 5 nitrogen and oxygen atoms in total. The Hall–Kier alpha value is -1.52. The zero-order chi connectivity index (χ0) is 13.6. The fourth-order valence-corrected chi connectivity index (χ4v) is 1.44. The average molecular weight is 242 g/mol. The van der Waals surface area contributed by atoms with Crippen LogP contribution in [0.5, 0.6) is 0 Å². The smallest absolute Gasteiger partial charge is 0.318 e. The van der Waals surface area contributed by atoms with Crippen molar-refractivity contribution in [3.05, 3.63) is 12.2 Å². The maximum Gasteiger partial charge on any atom is 0.318 e. The lowest BCUT2D eigenvalue weighted by Crippen LogP contribution is -2.51. The molecular formula is C12H22N2O3. The standard InChI is InChI=1S/C12H22N2O3/c1-6-14(8-9(2)3)11(17)13-12(4,5)7-10(15)16/h2,6-8H2,1,3-5H3,(H,13,17)(H,15,16). The quantitative estimate of drug-likeness (QED) is 0.698. The van der Waals surface area contributed by atoms with Crippen molar-refractivity contribution in [1.82, 2.24) is 10.2 Å². The first-order chi connectivity index (χ1) is 7.68. The molecule has 0 spiro atoms. The third-order valence-electron chi connectivity index (χ3n) is 2.17. The molecule has 0 heterocycles.